The summed E-state index contributed by atoms with van der Waals surface area (Å²) in [5, 5.41) is 3.30. The monoisotopic (exact) mass is 468 g/mol. The van der Waals surface area contributed by atoms with E-state index < -0.39 is 6.04 Å². The van der Waals surface area contributed by atoms with E-state index in [2.05, 4.69) is 5.32 Å². The highest BCUT2D eigenvalue weighted by molar-refractivity contribution is 5.89. The first-order valence-electron chi connectivity index (χ1n) is 12.8. The largest absolute Gasteiger partial charge is 0.352 e. The molecule has 2 amide bonds. The average Bonchev–Trinajstić information content (AvgIpc) is 2.89. The fourth-order valence-electron chi connectivity index (χ4n) is 4.86. The van der Waals surface area contributed by atoms with Crippen molar-refractivity contribution in [3.05, 3.63) is 107 Å². The summed E-state index contributed by atoms with van der Waals surface area (Å²) >= 11 is 0. The first kappa shape index (κ1) is 24.7. The molecule has 35 heavy (non-hydrogen) atoms. The minimum absolute atomic E-state index is 0.0302. The summed E-state index contributed by atoms with van der Waals surface area (Å²) in [5.74, 6) is -0.0774. The summed E-state index contributed by atoms with van der Waals surface area (Å²) < 4.78 is 0. The van der Waals surface area contributed by atoms with Crippen molar-refractivity contribution >= 4 is 11.8 Å². The molecular formula is C31H36N2O2. The topological polar surface area (TPSA) is 49.4 Å². The van der Waals surface area contributed by atoms with Crippen molar-refractivity contribution in [1.82, 2.24) is 10.2 Å². The minimum atomic E-state index is -0.572. The Balaban J connectivity index is 1.63. The van der Waals surface area contributed by atoms with Crippen LogP contribution in [-0.4, -0.2) is 28.8 Å². The Kier molecular flexibility index (Phi) is 8.72. The van der Waals surface area contributed by atoms with Crippen molar-refractivity contribution in [1.29, 1.82) is 0 Å². The molecule has 1 aliphatic carbocycles. The molecule has 1 saturated carbocycles. The lowest BCUT2D eigenvalue weighted by molar-refractivity contribution is -0.141. The molecule has 0 spiro atoms. The number of nitrogens with zero attached hydrogens (tertiary/aromatic N) is 1. The smallest absolute Gasteiger partial charge is 0.243 e. The van der Waals surface area contributed by atoms with Gasteiger partial charge in [-0.2, -0.15) is 0 Å². The van der Waals surface area contributed by atoms with Crippen LogP contribution in [0.4, 0.5) is 0 Å². The predicted molar refractivity (Wildman–Crippen MR) is 141 cm³/mol. The zero-order valence-electron chi connectivity index (χ0n) is 20.7. The Bertz CT molecular complexity index is 1070. The van der Waals surface area contributed by atoms with Crippen LogP contribution in [-0.2, 0) is 29.0 Å². The Hall–Kier alpha value is -3.40. The molecule has 0 heterocycles. The summed E-state index contributed by atoms with van der Waals surface area (Å²) in [7, 11) is 0. The Morgan fingerprint density at radius 3 is 2.03 bits per heavy atom. The van der Waals surface area contributed by atoms with E-state index in [1.807, 2.05) is 91.9 Å². The van der Waals surface area contributed by atoms with Crippen molar-refractivity contribution < 1.29 is 9.59 Å². The van der Waals surface area contributed by atoms with Gasteiger partial charge in [-0.3, -0.25) is 9.59 Å². The minimum Gasteiger partial charge on any atom is -0.352 e. The van der Waals surface area contributed by atoms with Gasteiger partial charge in [0.15, 0.2) is 0 Å². The molecule has 3 aromatic rings. The zero-order valence-corrected chi connectivity index (χ0v) is 20.7. The summed E-state index contributed by atoms with van der Waals surface area (Å²) in [6, 6.07) is 27.7. The maximum absolute atomic E-state index is 13.8. The van der Waals surface area contributed by atoms with E-state index in [0.717, 1.165) is 47.9 Å². The molecule has 0 radical (unpaired) electrons. The van der Waals surface area contributed by atoms with Crippen LogP contribution in [0, 0.1) is 6.92 Å². The van der Waals surface area contributed by atoms with Gasteiger partial charge in [0.25, 0.3) is 0 Å². The first-order chi connectivity index (χ1) is 17.1. The van der Waals surface area contributed by atoms with Crippen molar-refractivity contribution in [2.75, 3.05) is 0 Å². The summed E-state index contributed by atoms with van der Waals surface area (Å²) in [6.45, 7) is 2.44. The second kappa shape index (κ2) is 12.3. The van der Waals surface area contributed by atoms with E-state index in [1.165, 1.54) is 6.42 Å². The van der Waals surface area contributed by atoms with Crippen LogP contribution in [0.5, 0.6) is 0 Å². The molecule has 4 heteroatoms. The number of nitrogens with one attached hydrogen (secondary N) is 1. The number of aryl methyl sites for hydroxylation is 1. The average molecular weight is 469 g/mol. The number of hydrogen-bond acceptors (Lipinski definition) is 2. The SMILES string of the molecule is Cc1ccc(CC(=O)N(Cc2ccccc2)[C@H](Cc2ccccc2)C(=O)NC2CCCCC2)cc1. The summed E-state index contributed by atoms with van der Waals surface area (Å²) in [6.07, 6.45) is 6.32. The van der Waals surface area contributed by atoms with Gasteiger partial charge >= 0.3 is 0 Å². The quantitative estimate of drug-likeness (QED) is 0.443. The van der Waals surface area contributed by atoms with E-state index in [9.17, 15) is 9.59 Å². The molecule has 3 aromatic carbocycles. The number of benzene rings is 3. The normalized spacial score (nSPS) is 14.8. The van der Waals surface area contributed by atoms with E-state index in [0.29, 0.717) is 13.0 Å². The second-order valence-electron chi connectivity index (χ2n) is 9.72. The first-order valence-corrected chi connectivity index (χ1v) is 12.8. The highest BCUT2D eigenvalue weighted by Crippen LogP contribution is 2.20. The van der Waals surface area contributed by atoms with Crippen LogP contribution in [0.1, 0.15) is 54.4 Å². The maximum Gasteiger partial charge on any atom is 0.243 e. The lowest BCUT2D eigenvalue weighted by Crippen LogP contribution is -2.53. The van der Waals surface area contributed by atoms with Crippen molar-refractivity contribution in [3.8, 4) is 0 Å². The van der Waals surface area contributed by atoms with Crippen molar-refractivity contribution in [2.45, 2.75) is 70.5 Å². The van der Waals surface area contributed by atoms with Crippen LogP contribution in [0.2, 0.25) is 0 Å². The van der Waals surface area contributed by atoms with Crippen molar-refractivity contribution in [3.63, 3.8) is 0 Å². The molecule has 1 fully saturated rings. The number of rotatable bonds is 9. The molecule has 0 aliphatic heterocycles. The molecule has 0 bridgehead atoms. The lowest BCUT2D eigenvalue weighted by Gasteiger charge is -2.33. The number of amides is 2. The third-order valence-corrected chi connectivity index (χ3v) is 6.89. The molecule has 4 rings (SSSR count). The van der Waals surface area contributed by atoms with Gasteiger partial charge in [-0.25, -0.2) is 0 Å². The molecule has 1 aliphatic rings. The highest BCUT2D eigenvalue weighted by atomic mass is 16.2. The number of carbonyl (C=O) groups excluding carboxylic acids is 2. The second-order valence-corrected chi connectivity index (χ2v) is 9.72. The van der Waals surface area contributed by atoms with Crippen molar-refractivity contribution in [2.24, 2.45) is 0 Å². The predicted octanol–water partition coefficient (Wildman–Crippen LogP) is 5.63. The van der Waals surface area contributed by atoms with E-state index in [-0.39, 0.29) is 24.3 Å². The van der Waals surface area contributed by atoms with Crippen LogP contribution in [0.15, 0.2) is 84.9 Å². The molecule has 0 saturated heterocycles. The third-order valence-electron chi connectivity index (χ3n) is 6.89. The number of hydrogen-bond donors (Lipinski definition) is 1. The van der Waals surface area contributed by atoms with E-state index in [1.54, 1.807) is 4.90 Å². The van der Waals surface area contributed by atoms with Crippen LogP contribution >= 0.6 is 0 Å². The third kappa shape index (κ3) is 7.29. The zero-order chi connectivity index (χ0) is 24.5. The molecule has 1 N–H and O–H groups in total. The van der Waals surface area contributed by atoms with Gasteiger partial charge in [0.1, 0.15) is 6.04 Å². The molecule has 1 atom stereocenters. The van der Waals surface area contributed by atoms with E-state index >= 15 is 0 Å². The van der Waals surface area contributed by atoms with Gasteiger partial charge in [0, 0.05) is 19.0 Å². The fraction of sp³-hybridized carbons (Fsp3) is 0.355. The molecule has 0 unspecified atom stereocenters. The highest BCUT2D eigenvalue weighted by Gasteiger charge is 2.31. The van der Waals surface area contributed by atoms with Gasteiger partial charge in [-0.05, 0) is 36.5 Å². The van der Waals surface area contributed by atoms with Gasteiger partial charge in [-0.1, -0.05) is 110 Å². The van der Waals surface area contributed by atoms with Gasteiger partial charge in [0.2, 0.25) is 11.8 Å². The fourth-order valence-corrected chi connectivity index (χ4v) is 4.86. The van der Waals surface area contributed by atoms with Crippen LogP contribution in [0.3, 0.4) is 0 Å². The summed E-state index contributed by atoms with van der Waals surface area (Å²) in [4.78, 5) is 29.3. The summed E-state index contributed by atoms with van der Waals surface area (Å²) in [5.41, 5.74) is 4.20. The Morgan fingerprint density at radius 2 is 1.40 bits per heavy atom. The molecule has 4 nitrogen and oxygen atoms in total. The molecule has 182 valence electrons. The van der Waals surface area contributed by atoms with Crippen LogP contribution < -0.4 is 5.32 Å². The number of carbonyl (C=O) groups is 2. The standard InChI is InChI=1S/C31H36N2O2/c1-24-17-19-26(20-18-24)22-30(34)33(23-27-13-7-3-8-14-27)29(21-25-11-5-2-6-12-25)31(35)32-28-15-9-4-10-16-28/h2-3,5-8,11-14,17-20,28-29H,4,9-10,15-16,21-23H2,1H3,(H,32,35)/t29-/m1/s1. The van der Waals surface area contributed by atoms with Gasteiger partial charge in [0.05, 0.1) is 6.42 Å². The van der Waals surface area contributed by atoms with Gasteiger partial charge < -0.3 is 10.2 Å². The van der Waals surface area contributed by atoms with E-state index in [4.69, 9.17) is 0 Å². The lowest BCUT2D eigenvalue weighted by atomic mass is 9.94. The Morgan fingerprint density at radius 1 is 0.800 bits per heavy atom. The van der Waals surface area contributed by atoms with Crippen LogP contribution in [0.25, 0.3) is 0 Å². The maximum atomic E-state index is 13.8. The molecule has 0 aromatic heterocycles. The van der Waals surface area contributed by atoms with Gasteiger partial charge in [-0.15, -0.1) is 0 Å². The molecular weight excluding hydrogens is 432 g/mol. The Labute approximate surface area is 209 Å².